The van der Waals surface area contributed by atoms with Gasteiger partial charge in [-0.15, -0.1) is 11.6 Å². The predicted molar refractivity (Wildman–Crippen MR) is 57.3 cm³/mol. The fourth-order valence-corrected chi connectivity index (χ4v) is 1.66. The summed E-state index contributed by atoms with van der Waals surface area (Å²) in [7, 11) is 0. The van der Waals surface area contributed by atoms with E-state index in [9.17, 15) is 4.39 Å². The van der Waals surface area contributed by atoms with Crippen molar-refractivity contribution in [3.8, 4) is 0 Å². The Balaban J connectivity index is 2.22. The SMILES string of the molecule is Fc1cccc(Cn2cncc2CCl)c1. The van der Waals surface area contributed by atoms with E-state index in [2.05, 4.69) is 4.98 Å². The van der Waals surface area contributed by atoms with Gasteiger partial charge in [-0.1, -0.05) is 12.1 Å². The monoisotopic (exact) mass is 224 g/mol. The van der Waals surface area contributed by atoms with Gasteiger partial charge in [0.2, 0.25) is 0 Å². The molecule has 15 heavy (non-hydrogen) atoms. The van der Waals surface area contributed by atoms with Crippen molar-refractivity contribution in [1.29, 1.82) is 0 Å². The van der Waals surface area contributed by atoms with Gasteiger partial charge in [0.1, 0.15) is 5.82 Å². The van der Waals surface area contributed by atoms with Crippen molar-refractivity contribution >= 4 is 11.6 Å². The normalized spacial score (nSPS) is 10.5. The molecule has 0 saturated carbocycles. The summed E-state index contributed by atoms with van der Waals surface area (Å²) in [6.45, 7) is 0.597. The summed E-state index contributed by atoms with van der Waals surface area (Å²) in [4.78, 5) is 4.00. The molecular weight excluding hydrogens is 215 g/mol. The van der Waals surface area contributed by atoms with E-state index in [1.165, 1.54) is 12.1 Å². The quantitative estimate of drug-likeness (QED) is 0.734. The minimum atomic E-state index is -0.222. The molecule has 2 nitrogen and oxygen atoms in total. The molecule has 0 spiro atoms. The second-order valence-corrected chi connectivity index (χ2v) is 3.54. The van der Waals surface area contributed by atoms with Crippen molar-refractivity contribution in [3.05, 3.63) is 53.9 Å². The van der Waals surface area contributed by atoms with E-state index in [4.69, 9.17) is 11.6 Å². The van der Waals surface area contributed by atoms with Crippen LogP contribution in [0.25, 0.3) is 0 Å². The molecule has 0 fully saturated rings. The highest BCUT2D eigenvalue weighted by Gasteiger charge is 2.01. The van der Waals surface area contributed by atoms with Gasteiger partial charge in [0.25, 0.3) is 0 Å². The Morgan fingerprint density at radius 1 is 1.40 bits per heavy atom. The maximum atomic E-state index is 12.9. The summed E-state index contributed by atoms with van der Waals surface area (Å²) < 4.78 is 14.8. The highest BCUT2D eigenvalue weighted by Crippen LogP contribution is 2.09. The zero-order valence-corrected chi connectivity index (χ0v) is 8.78. The van der Waals surface area contributed by atoms with Gasteiger partial charge in [-0.25, -0.2) is 9.37 Å². The number of benzene rings is 1. The van der Waals surface area contributed by atoms with Crippen LogP contribution in [0.3, 0.4) is 0 Å². The second-order valence-electron chi connectivity index (χ2n) is 3.28. The minimum absolute atomic E-state index is 0.222. The predicted octanol–water partition coefficient (Wildman–Crippen LogP) is 2.81. The van der Waals surface area contributed by atoms with E-state index >= 15 is 0 Å². The third-order valence-corrected chi connectivity index (χ3v) is 2.45. The van der Waals surface area contributed by atoms with E-state index in [1.807, 2.05) is 10.6 Å². The molecule has 0 unspecified atom stereocenters. The third kappa shape index (κ3) is 2.36. The molecule has 0 atom stereocenters. The van der Waals surface area contributed by atoms with Gasteiger partial charge in [0.05, 0.1) is 17.9 Å². The molecule has 0 radical (unpaired) electrons. The third-order valence-electron chi connectivity index (χ3n) is 2.18. The molecule has 78 valence electrons. The minimum Gasteiger partial charge on any atom is -0.329 e. The molecule has 0 saturated heterocycles. The molecule has 2 aromatic rings. The zero-order valence-electron chi connectivity index (χ0n) is 8.03. The van der Waals surface area contributed by atoms with Crippen LogP contribution in [-0.4, -0.2) is 9.55 Å². The number of aromatic nitrogens is 2. The Hall–Kier alpha value is -1.35. The van der Waals surface area contributed by atoms with Gasteiger partial charge in [-0.05, 0) is 17.7 Å². The molecule has 0 aliphatic heterocycles. The molecule has 4 heteroatoms. The average molecular weight is 225 g/mol. The summed E-state index contributed by atoms with van der Waals surface area (Å²) in [5, 5.41) is 0. The van der Waals surface area contributed by atoms with Crippen molar-refractivity contribution in [3.63, 3.8) is 0 Å². The first-order valence-electron chi connectivity index (χ1n) is 4.59. The fourth-order valence-electron chi connectivity index (χ4n) is 1.43. The first-order chi connectivity index (χ1) is 7.29. The molecule has 0 amide bonds. The number of imidazole rings is 1. The first-order valence-corrected chi connectivity index (χ1v) is 5.12. The molecule has 0 aliphatic rings. The van der Waals surface area contributed by atoms with Crippen LogP contribution in [0.4, 0.5) is 4.39 Å². The lowest BCUT2D eigenvalue weighted by Crippen LogP contribution is -2.01. The number of hydrogen-bond donors (Lipinski definition) is 0. The molecule has 1 heterocycles. The number of halogens is 2. The van der Waals surface area contributed by atoms with E-state index in [1.54, 1.807) is 18.6 Å². The number of nitrogens with zero attached hydrogens (tertiary/aromatic N) is 2. The largest absolute Gasteiger partial charge is 0.329 e. The summed E-state index contributed by atoms with van der Waals surface area (Å²) in [5.41, 5.74) is 1.83. The van der Waals surface area contributed by atoms with Gasteiger partial charge in [-0.2, -0.15) is 0 Å². The standard InChI is InChI=1S/C11H10ClFN2/c12-5-11-6-14-8-15(11)7-9-2-1-3-10(13)4-9/h1-4,6,8H,5,7H2. The lowest BCUT2D eigenvalue weighted by molar-refractivity contribution is 0.623. The lowest BCUT2D eigenvalue weighted by atomic mass is 10.2. The Labute approximate surface area is 92.3 Å². The summed E-state index contributed by atoms with van der Waals surface area (Å²) in [5.74, 6) is 0.190. The van der Waals surface area contributed by atoms with Crippen molar-refractivity contribution in [2.45, 2.75) is 12.4 Å². The van der Waals surface area contributed by atoms with Gasteiger partial charge in [0, 0.05) is 12.7 Å². The van der Waals surface area contributed by atoms with Crippen LogP contribution in [0.1, 0.15) is 11.3 Å². The zero-order chi connectivity index (χ0) is 10.7. The molecule has 1 aromatic heterocycles. The number of rotatable bonds is 3. The summed E-state index contributed by atoms with van der Waals surface area (Å²) in [6.07, 6.45) is 3.41. The molecule has 1 aromatic carbocycles. The Bertz CT molecular complexity index is 453. The Kier molecular flexibility index (Phi) is 3.02. The molecule has 0 bridgehead atoms. The van der Waals surface area contributed by atoms with Gasteiger partial charge in [0.15, 0.2) is 0 Å². The summed E-state index contributed by atoms with van der Waals surface area (Å²) in [6, 6.07) is 6.51. The van der Waals surface area contributed by atoms with Crippen molar-refractivity contribution in [2.75, 3.05) is 0 Å². The van der Waals surface area contributed by atoms with E-state index in [-0.39, 0.29) is 5.82 Å². The highest BCUT2D eigenvalue weighted by molar-refractivity contribution is 6.16. The number of alkyl halides is 1. The van der Waals surface area contributed by atoms with Crippen LogP contribution in [0.15, 0.2) is 36.8 Å². The smallest absolute Gasteiger partial charge is 0.123 e. The van der Waals surface area contributed by atoms with Crippen LogP contribution in [0.2, 0.25) is 0 Å². The fraction of sp³-hybridized carbons (Fsp3) is 0.182. The van der Waals surface area contributed by atoms with Gasteiger partial charge < -0.3 is 4.57 Å². The molecule has 0 N–H and O–H groups in total. The van der Waals surface area contributed by atoms with Gasteiger partial charge >= 0.3 is 0 Å². The summed E-state index contributed by atoms with van der Waals surface area (Å²) >= 11 is 5.74. The molecule has 2 rings (SSSR count). The van der Waals surface area contributed by atoms with E-state index < -0.39 is 0 Å². The highest BCUT2D eigenvalue weighted by atomic mass is 35.5. The topological polar surface area (TPSA) is 17.8 Å². The van der Waals surface area contributed by atoms with Crippen LogP contribution in [0.5, 0.6) is 0 Å². The van der Waals surface area contributed by atoms with Crippen LogP contribution < -0.4 is 0 Å². The maximum Gasteiger partial charge on any atom is 0.123 e. The van der Waals surface area contributed by atoms with Gasteiger partial charge in [-0.3, -0.25) is 0 Å². The van der Waals surface area contributed by atoms with Crippen LogP contribution in [-0.2, 0) is 12.4 Å². The van der Waals surface area contributed by atoms with Crippen LogP contribution in [0, 0.1) is 5.82 Å². The Morgan fingerprint density at radius 3 is 3.00 bits per heavy atom. The van der Waals surface area contributed by atoms with Crippen molar-refractivity contribution in [1.82, 2.24) is 9.55 Å². The number of hydrogen-bond acceptors (Lipinski definition) is 1. The van der Waals surface area contributed by atoms with Crippen LogP contribution >= 0.6 is 11.6 Å². The van der Waals surface area contributed by atoms with E-state index in [0.29, 0.717) is 12.4 Å². The van der Waals surface area contributed by atoms with Crippen molar-refractivity contribution in [2.24, 2.45) is 0 Å². The van der Waals surface area contributed by atoms with Crippen molar-refractivity contribution < 1.29 is 4.39 Å². The maximum absolute atomic E-state index is 12.9. The molecule has 0 aliphatic carbocycles. The van der Waals surface area contributed by atoms with E-state index in [0.717, 1.165) is 11.3 Å². The second kappa shape index (κ2) is 4.45. The lowest BCUT2D eigenvalue weighted by Gasteiger charge is -2.05. The Morgan fingerprint density at radius 2 is 2.27 bits per heavy atom. The first kappa shape index (κ1) is 10.2. The average Bonchev–Trinajstić information content (AvgIpc) is 2.65. The molecular formula is C11H10ClFN2.